The van der Waals surface area contributed by atoms with Crippen LogP contribution in [-0.2, 0) is 0 Å². The molecule has 1 aromatic carbocycles. The van der Waals surface area contributed by atoms with Crippen molar-refractivity contribution < 1.29 is 0 Å². The van der Waals surface area contributed by atoms with Gasteiger partial charge in [-0.2, -0.15) is 0 Å². The van der Waals surface area contributed by atoms with Crippen molar-refractivity contribution in [2.45, 2.75) is 24.9 Å². The lowest BCUT2D eigenvalue weighted by molar-refractivity contribution is 0.111. The normalized spacial score (nSPS) is 19.5. The number of nitrogens with zero attached hydrogens (tertiary/aromatic N) is 2. The molecule has 2 rings (SSSR count). The highest BCUT2D eigenvalue weighted by molar-refractivity contribution is 6.33. The van der Waals surface area contributed by atoms with E-state index in [0.29, 0.717) is 17.6 Å². The Balaban J connectivity index is 2.11. The molecule has 1 aliphatic heterocycles. The van der Waals surface area contributed by atoms with Gasteiger partial charge in [-0.1, -0.05) is 23.2 Å². The lowest BCUT2D eigenvalue weighted by atomic mass is 9.98. The minimum absolute atomic E-state index is 0.157. The van der Waals surface area contributed by atoms with E-state index in [0.717, 1.165) is 23.7 Å². The summed E-state index contributed by atoms with van der Waals surface area (Å²) in [5.41, 5.74) is 7.04. The molecule has 1 saturated heterocycles. The predicted octanol–water partition coefficient (Wildman–Crippen LogP) is 3.02. The zero-order valence-electron chi connectivity index (χ0n) is 12.1. The summed E-state index contributed by atoms with van der Waals surface area (Å²) in [7, 11) is 4.29. The van der Waals surface area contributed by atoms with Crippen molar-refractivity contribution >= 4 is 23.2 Å². The number of hydrogen-bond acceptors (Lipinski definition) is 3. The van der Waals surface area contributed by atoms with Gasteiger partial charge in [-0.05, 0) is 50.7 Å². The van der Waals surface area contributed by atoms with Gasteiger partial charge in [0.15, 0.2) is 0 Å². The number of halogens is 2. The molecule has 0 saturated carbocycles. The number of hydrogen-bond donors (Lipinski definition) is 1. The molecule has 2 N–H and O–H groups in total. The molecule has 3 nitrogen and oxygen atoms in total. The average molecular weight is 316 g/mol. The summed E-state index contributed by atoms with van der Waals surface area (Å²) in [6, 6.07) is 6.44. The van der Waals surface area contributed by atoms with Gasteiger partial charge in [0.2, 0.25) is 0 Å². The standard InChI is InChI=1S/C15H23Cl2N3/c1-19(2)12-5-7-20(8-6-12)15(10-18)13-9-11(16)3-4-14(13)17/h3-4,9,12,15H,5-8,10,18H2,1-2H3. The topological polar surface area (TPSA) is 32.5 Å². The predicted molar refractivity (Wildman–Crippen MR) is 86.5 cm³/mol. The maximum absolute atomic E-state index is 6.32. The molecular formula is C15H23Cl2N3. The zero-order chi connectivity index (χ0) is 14.7. The van der Waals surface area contributed by atoms with E-state index in [9.17, 15) is 0 Å². The number of nitrogens with two attached hydrogens (primary N) is 1. The smallest absolute Gasteiger partial charge is 0.0485 e. The van der Waals surface area contributed by atoms with Crippen LogP contribution in [-0.4, -0.2) is 49.6 Å². The van der Waals surface area contributed by atoms with E-state index < -0.39 is 0 Å². The van der Waals surface area contributed by atoms with Crippen LogP contribution in [0.5, 0.6) is 0 Å². The van der Waals surface area contributed by atoms with Crippen LogP contribution in [0.2, 0.25) is 10.0 Å². The summed E-state index contributed by atoms with van der Waals surface area (Å²) >= 11 is 12.4. The summed E-state index contributed by atoms with van der Waals surface area (Å²) in [6.07, 6.45) is 2.34. The first kappa shape index (κ1) is 16.1. The van der Waals surface area contributed by atoms with E-state index in [-0.39, 0.29) is 6.04 Å². The number of likely N-dealkylation sites (tertiary alicyclic amines) is 1. The molecule has 1 atom stereocenters. The Morgan fingerprint density at radius 3 is 2.50 bits per heavy atom. The second kappa shape index (κ2) is 7.10. The minimum Gasteiger partial charge on any atom is -0.329 e. The fourth-order valence-corrected chi connectivity index (χ4v) is 3.38. The Kier molecular flexibility index (Phi) is 5.70. The largest absolute Gasteiger partial charge is 0.329 e. The van der Waals surface area contributed by atoms with E-state index in [1.54, 1.807) is 0 Å². The molecule has 0 spiro atoms. The molecule has 20 heavy (non-hydrogen) atoms. The molecule has 0 aliphatic carbocycles. The van der Waals surface area contributed by atoms with E-state index in [2.05, 4.69) is 23.9 Å². The first-order chi connectivity index (χ1) is 9.52. The monoisotopic (exact) mass is 315 g/mol. The highest BCUT2D eigenvalue weighted by atomic mass is 35.5. The Morgan fingerprint density at radius 1 is 1.30 bits per heavy atom. The Bertz CT molecular complexity index is 443. The van der Waals surface area contributed by atoms with Crippen LogP contribution in [0, 0.1) is 0 Å². The van der Waals surface area contributed by atoms with Crippen molar-refractivity contribution in [3.63, 3.8) is 0 Å². The molecule has 112 valence electrons. The van der Waals surface area contributed by atoms with Crippen molar-refractivity contribution in [1.29, 1.82) is 0 Å². The van der Waals surface area contributed by atoms with Gasteiger partial charge in [-0.3, -0.25) is 4.90 Å². The van der Waals surface area contributed by atoms with Gasteiger partial charge in [0.05, 0.1) is 0 Å². The van der Waals surface area contributed by atoms with E-state index in [1.165, 1.54) is 12.8 Å². The zero-order valence-corrected chi connectivity index (χ0v) is 13.7. The van der Waals surface area contributed by atoms with Gasteiger partial charge in [0, 0.05) is 41.8 Å². The molecule has 1 heterocycles. The van der Waals surface area contributed by atoms with Crippen molar-refractivity contribution in [2.24, 2.45) is 5.73 Å². The quantitative estimate of drug-likeness (QED) is 0.927. The molecule has 5 heteroatoms. The second-order valence-electron chi connectivity index (χ2n) is 5.65. The van der Waals surface area contributed by atoms with Crippen LogP contribution < -0.4 is 5.73 Å². The fraction of sp³-hybridized carbons (Fsp3) is 0.600. The van der Waals surface area contributed by atoms with Crippen LogP contribution in [0.3, 0.4) is 0 Å². The van der Waals surface area contributed by atoms with E-state index >= 15 is 0 Å². The first-order valence-corrected chi connectivity index (χ1v) is 7.84. The van der Waals surface area contributed by atoms with E-state index in [1.807, 2.05) is 18.2 Å². The molecule has 1 unspecified atom stereocenters. The molecular weight excluding hydrogens is 293 g/mol. The van der Waals surface area contributed by atoms with Crippen molar-refractivity contribution in [3.8, 4) is 0 Å². The molecule has 0 aromatic heterocycles. The van der Waals surface area contributed by atoms with Gasteiger partial charge >= 0.3 is 0 Å². The van der Waals surface area contributed by atoms with Crippen molar-refractivity contribution in [1.82, 2.24) is 9.80 Å². The van der Waals surface area contributed by atoms with Crippen molar-refractivity contribution in [3.05, 3.63) is 33.8 Å². The van der Waals surface area contributed by atoms with Crippen LogP contribution in [0.1, 0.15) is 24.4 Å². The van der Waals surface area contributed by atoms with E-state index in [4.69, 9.17) is 28.9 Å². The van der Waals surface area contributed by atoms with Crippen LogP contribution >= 0.6 is 23.2 Å². The van der Waals surface area contributed by atoms with Crippen LogP contribution in [0.4, 0.5) is 0 Å². The molecule has 0 bridgehead atoms. The average Bonchev–Trinajstić information content (AvgIpc) is 2.44. The van der Waals surface area contributed by atoms with Gasteiger partial charge in [-0.25, -0.2) is 0 Å². The molecule has 1 fully saturated rings. The van der Waals surface area contributed by atoms with Gasteiger partial charge in [0.1, 0.15) is 0 Å². The third-order valence-corrected chi connectivity index (χ3v) is 4.79. The van der Waals surface area contributed by atoms with Crippen LogP contribution in [0.15, 0.2) is 18.2 Å². The Morgan fingerprint density at radius 2 is 1.95 bits per heavy atom. The molecule has 0 amide bonds. The van der Waals surface area contributed by atoms with Gasteiger partial charge in [0.25, 0.3) is 0 Å². The SMILES string of the molecule is CN(C)C1CCN(C(CN)c2cc(Cl)ccc2Cl)CC1. The van der Waals surface area contributed by atoms with Crippen molar-refractivity contribution in [2.75, 3.05) is 33.7 Å². The lowest BCUT2D eigenvalue weighted by Crippen LogP contribution is -2.45. The maximum Gasteiger partial charge on any atom is 0.0485 e. The molecule has 0 radical (unpaired) electrons. The molecule has 1 aliphatic rings. The number of benzene rings is 1. The van der Waals surface area contributed by atoms with Crippen LogP contribution in [0.25, 0.3) is 0 Å². The Labute approximate surface area is 131 Å². The summed E-state index contributed by atoms with van der Waals surface area (Å²) in [6.45, 7) is 2.66. The third-order valence-electron chi connectivity index (χ3n) is 4.21. The maximum atomic E-state index is 6.32. The Hall–Kier alpha value is -0.320. The number of rotatable bonds is 4. The lowest BCUT2D eigenvalue weighted by Gasteiger charge is -2.39. The van der Waals surface area contributed by atoms with Gasteiger partial charge < -0.3 is 10.6 Å². The van der Waals surface area contributed by atoms with Gasteiger partial charge in [-0.15, -0.1) is 0 Å². The number of piperidine rings is 1. The minimum atomic E-state index is 0.157. The molecule has 1 aromatic rings. The fourth-order valence-electron chi connectivity index (χ4n) is 2.96. The third kappa shape index (κ3) is 3.66. The highest BCUT2D eigenvalue weighted by Crippen LogP contribution is 2.31. The first-order valence-electron chi connectivity index (χ1n) is 7.08. The summed E-state index contributed by atoms with van der Waals surface area (Å²) in [5.74, 6) is 0. The summed E-state index contributed by atoms with van der Waals surface area (Å²) in [4.78, 5) is 4.73. The highest BCUT2D eigenvalue weighted by Gasteiger charge is 2.27. The summed E-state index contributed by atoms with van der Waals surface area (Å²) in [5, 5.41) is 1.46. The summed E-state index contributed by atoms with van der Waals surface area (Å²) < 4.78 is 0. The second-order valence-corrected chi connectivity index (χ2v) is 6.49.